The monoisotopic (exact) mass is 197 g/mol. The number of carboxylic acids is 1. The molecule has 0 saturated heterocycles. The zero-order chi connectivity index (χ0) is 7.56. The minimum absolute atomic E-state index is 0.220. The van der Waals surface area contributed by atoms with E-state index in [1.807, 2.05) is 0 Å². The Morgan fingerprint density at radius 1 is 1.60 bits per heavy atom. The summed E-state index contributed by atoms with van der Waals surface area (Å²) in [5, 5.41) is 8.46. The summed E-state index contributed by atoms with van der Waals surface area (Å²) in [4.78, 5) is 14.0. The van der Waals surface area contributed by atoms with Gasteiger partial charge < -0.3 is 0 Å². The fourth-order valence-corrected chi connectivity index (χ4v) is 0.976. The molecular weight excluding hydrogens is 193 g/mol. The van der Waals surface area contributed by atoms with Crippen LogP contribution in [0.1, 0.15) is 10.4 Å². The Balaban J connectivity index is 3.07. The van der Waals surface area contributed by atoms with Crippen LogP contribution in [0.5, 0.6) is 0 Å². The van der Waals surface area contributed by atoms with Gasteiger partial charge in [0.15, 0.2) is 0 Å². The molecule has 2 radical (unpaired) electrons. The van der Waals surface area contributed by atoms with Crippen molar-refractivity contribution < 1.29 is 9.90 Å². The third-order valence-corrected chi connectivity index (χ3v) is 1.48. The van der Waals surface area contributed by atoms with Gasteiger partial charge in [-0.1, -0.05) is 0 Å². The molecule has 0 saturated carbocycles. The van der Waals surface area contributed by atoms with Crippen LogP contribution in [0.4, 0.5) is 0 Å². The molecule has 0 aliphatic rings. The second kappa shape index (κ2) is 2.84. The molecule has 1 aromatic rings. The average molecular weight is 197 g/mol. The number of aromatic nitrogens is 1. The SMILES string of the molecule is O=C(O)c1cncc([As])c1. The van der Waals surface area contributed by atoms with Crippen LogP contribution in [0.3, 0.4) is 0 Å². The summed E-state index contributed by atoms with van der Waals surface area (Å²) in [5.41, 5.74) is 0.220. The van der Waals surface area contributed by atoms with Gasteiger partial charge in [-0.15, -0.1) is 0 Å². The van der Waals surface area contributed by atoms with Crippen molar-refractivity contribution in [3.63, 3.8) is 0 Å². The molecule has 1 rings (SSSR count). The van der Waals surface area contributed by atoms with Crippen molar-refractivity contribution in [1.29, 1.82) is 0 Å². The number of hydrogen-bond acceptors (Lipinski definition) is 2. The first kappa shape index (κ1) is 7.29. The summed E-state index contributed by atoms with van der Waals surface area (Å²) in [6, 6.07) is 1.55. The van der Waals surface area contributed by atoms with Crippen LogP contribution in [0.25, 0.3) is 0 Å². The van der Waals surface area contributed by atoms with Crippen LogP contribution in [-0.2, 0) is 0 Å². The quantitative estimate of drug-likeness (QED) is 0.621. The van der Waals surface area contributed by atoms with E-state index in [4.69, 9.17) is 5.11 Å². The molecule has 0 aromatic carbocycles. The van der Waals surface area contributed by atoms with Crippen molar-refractivity contribution in [2.24, 2.45) is 0 Å². The van der Waals surface area contributed by atoms with Crippen LogP contribution in [0.15, 0.2) is 18.5 Å². The molecule has 4 heteroatoms. The maximum absolute atomic E-state index is 10.3. The number of hydrogen-bond donors (Lipinski definition) is 1. The van der Waals surface area contributed by atoms with Gasteiger partial charge in [0.05, 0.1) is 0 Å². The van der Waals surface area contributed by atoms with Crippen molar-refractivity contribution in [3.05, 3.63) is 24.0 Å². The predicted molar refractivity (Wildman–Crippen MR) is 36.6 cm³/mol. The molecule has 3 nitrogen and oxygen atoms in total. The van der Waals surface area contributed by atoms with Crippen molar-refractivity contribution in [3.8, 4) is 0 Å². The zero-order valence-electron chi connectivity index (χ0n) is 4.98. The van der Waals surface area contributed by atoms with E-state index in [0.29, 0.717) is 0 Å². The van der Waals surface area contributed by atoms with Gasteiger partial charge >= 0.3 is 66.1 Å². The molecule has 0 amide bonds. The Bertz CT molecular complexity index is 262. The molecule has 0 atom stereocenters. The van der Waals surface area contributed by atoms with E-state index in [-0.39, 0.29) is 5.56 Å². The van der Waals surface area contributed by atoms with Crippen molar-refractivity contribution in [1.82, 2.24) is 4.98 Å². The molecule has 0 aliphatic heterocycles. The molecule has 0 bridgehead atoms. The normalized spacial score (nSPS) is 9.30. The van der Waals surface area contributed by atoms with Crippen LogP contribution in [0, 0.1) is 0 Å². The van der Waals surface area contributed by atoms with E-state index >= 15 is 0 Å². The summed E-state index contributed by atoms with van der Waals surface area (Å²) in [7, 11) is 0. The fraction of sp³-hybridized carbons (Fsp3) is 0. The zero-order valence-corrected chi connectivity index (χ0v) is 6.86. The van der Waals surface area contributed by atoms with Crippen LogP contribution in [-0.4, -0.2) is 32.9 Å². The fourth-order valence-electron chi connectivity index (χ4n) is 0.545. The first-order chi connectivity index (χ1) is 4.70. The third-order valence-electron chi connectivity index (χ3n) is 0.971. The maximum atomic E-state index is 10.3. The van der Waals surface area contributed by atoms with Gasteiger partial charge in [-0.25, -0.2) is 0 Å². The van der Waals surface area contributed by atoms with Gasteiger partial charge in [0.25, 0.3) is 0 Å². The average Bonchev–Trinajstić information content (AvgIpc) is 1.88. The summed E-state index contributed by atoms with van der Waals surface area (Å²) in [6.45, 7) is 0. The standard InChI is InChI=1S/C6H4AsNO2/c7-5-1-4(6(9)10)2-8-3-5/h1-3H,(H,9,10). The topological polar surface area (TPSA) is 50.2 Å². The predicted octanol–water partition coefficient (Wildman–Crippen LogP) is -0.426. The molecule has 0 unspecified atom stereocenters. The van der Waals surface area contributed by atoms with Crippen molar-refractivity contribution >= 4 is 27.2 Å². The number of rotatable bonds is 1. The molecular formula is C6H4AsNO2. The first-order valence-electron chi connectivity index (χ1n) is 2.57. The van der Waals surface area contributed by atoms with E-state index in [1.165, 1.54) is 6.20 Å². The first-order valence-corrected chi connectivity index (χ1v) is 3.51. The van der Waals surface area contributed by atoms with Gasteiger partial charge in [-0.3, -0.25) is 0 Å². The number of carbonyl (C=O) groups is 1. The second-order valence-electron chi connectivity index (χ2n) is 1.74. The van der Waals surface area contributed by atoms with Crippen molar-refractivity contribution in [2.75, 3.05) is 0 Å². The van der Waals surface area contributed by atoms with E-state index in [0.717, 1.165) is 4.35 Å². The number of pyridine rings is 1. The van der Waals surface area contributed by atoms with Gasteiger partial charge in [-0.2, -0.15) is 0 Å². The Morgan fingerprint density at radius 2 is 2.30 bits per heavy atom. The summed E-state index contributed by atoms with van der Waals surface area (Å²) < 4.78 is 0.799. The minimum atomic E-state index is -0.944. The Labute approximate surface area is 66.6 Å². The van der Waals surface area contributed by atoms with Gasteiger partial charge in [0, 0.05) is 0 Å². The third kappa shape index (κ3) is 1.58. The van der Waals surface area contributed by atoms with Crippen LogP contribution < -0.4 is 4.35 Å². The number of nitrogens with zero attached hydrogens (tertiary/aromatic N) is 1. The van der Waals surface area contributed by atoms with Crippen molar-refractivity contribution in [2.45, 2.75) is 0 Å². The summed E-state index contributed by atoms with van der Waals surface area (Å²) in [6.07, 6.45) is 2.91. The Hall–Kier alpha value is -0.822. The molecule has 10 heavy (non-hydrogen) atoms. The number of aromatic carboxylic acids is 1. The van der Waals surface area contributed by atoms with Gasteiger partial charge in [0.1, 0.15) is 0 Å². The van der Waals surface area contributed by atoms with Gasteiger partial charge in [-0.05, 0) is 0 Å². The summed E-state index contributed by atoms with van der Waals surface area (Å²) in [5.74, 6) is -0.944. The van der Waals surface area contributed by atoms with E-state index in [9.17, 15) is 4.79 Å². The summed E-state index contributed by atoms with van der Waals surface area (Å²) >= 11 is 2.24. The van der Waals surface area contributed by atoms with Gasteiger partial charge in [0.2, 0.25) is 0 Å². The molecule has 0 aliphatic carbocycles. The Kier molecular flexibility index (Phi) is 2.07. The van der Waals surface area contributed by atoms with E-state index in [1.54, 1.807) is 12.3 Å². The second-order valence-corrected chi connectivity index (χ2v) is 2.82. The Morgan fingerprint density at radius 3 is 2.70 bits per heavy atom. The molecule has 0 fully saturated rings. The molecule has 1 aromatic heterocycles. The molecule has 1 heterocycles. The molecule has 1 N–H and O–H groups in total. The molecule has 0 spiro atoms. The number of carboxylic acid groups (broad SMARTS) is 1. The van der Waals surface area contributed by atoms with Crippen LogP contribution >= 0.6 is 0 Å². The van der Waals surface area contributed by atoms with E-state index in [2.05, 4.69) is 21.8 Å². The van der Waals surface area contributed by atoms with Crippen LogP contribution in [0.2, 0.25) is 0 Å². The molecule has 50 valence electrons. The van der Waals surface area contributed by atoms with E-state index < -0.39 is 5.97 Å².